The Balaban J connectivity index is 2.24. The minimum absolute atomic E-state index is 0.146. The zero-order valence-electron chi connectivity index (χ0n) is 14.5. The second-order valence-corrected chi connectivity index (χ2v) is 4.97. The lowest BCUT2D eigenvalue weighted by atomic mass is 10.1. The van der Waals surface area contributed by atoms with E-state index < -0.39 is 11.9 Å². The molecule has 0 atom stereocenters. The summed E-state index contributed by atoms with van der Waals surface area (Å²) in [5.74, 6) is -0.685. The van der Waals surface area contributed by atoms with Gasteiger partial charge in [-0.05, 0) is 29.3 Å². The number of hydrogen-bond donors (Lipinski definition) is 1. The Morgan fingerprint density at radius 3 is 2.58 bits per heavy atom. The highest BCUT2D eigenvalue weighted by Crippen LogP contribution is 2.17. The van der Waals surface area contributed by atoms with Crippen LogP contribution in [0.1, 0.15) is 19.4 Å². The largest absolute Gasteiger partial charge is 0.489 e. The van der Waals surface area contributed by atoms with Crippen LogP contribution in [0, 0.1) is 0 Å². The molecule has 5 heteroatoms. The van der Waals surface area contributed by atoms with Crippen molar-refractivity contribution in [2.24, 2.45) is 0 Å². The summed E-state index contributed by atoms with van der Waals surface area (Å²) in [6.07, 6.45) is 0. The van der Waals surface area contributed by atoms with Crippen LogP contribution in [-0.2, 0) is 20.9 Å². The summed E-state index contributed by atoms with van der Waals surface area (Å²) < 4.78 is 18.5. The van der Waals surface area contributed by atoms with Gasteiger partial charge in [-0.25, -0.2) is 4.79 Å². The van der Waals surface area contributed by atoms with Crippen molar-refractivity contribution in [3.05, 3.63) is 71.4 Å². The third-order valence-electron chi connectivity index (χ3n) is 3.04. The highest BCUT2D eigenvalue weighted by Gasteiger charge is 2.11. The molecule has 0 aliphatic heterocycles. The van der Waals surface area contributed by atoms with Gasteiger partial charge in [0.2, 0.25) is 5.91 Å². The summed E-state index contributed by atoms with van der Waals surface area (Å²) in [6, 6.07) is 16.3. The molecule has 124 valence electrons. The summed E-state index contributed by atoms with van der Waals surface area (Å²) in [5, 5.41) is 2.34. The number of carbonyl (C=O) groups is 2. The van der Waals surface area contributed by atoms with E-state index in [4.69, 9.17) is 6.11 Å². The first-order chi connectivity index (χ1) is 12.0. The van der Waals surface area contributed by atoms with Gasteiger partial charge in [0.25, 0.3) is 0 Å². The lowest BCUT2D eigenvalue weighted by Gasteiger charge is -2.08. The Morgan fingerprint density at radius 2 is 1.92 bits per heavy atom. The summed E-state index contributed by atoms with van der Waals surface area (Å²) >= 11 is 0. The van der Waals surface area contributed by atoms with Crippen molar-refractivity contribution in [1.29, 1.82) is 0 Å². The van der Waals surface area contributed by atoms with Crippen LogP contribution < -0.4 is 10.1 Å². The smallest absolute Gasteiger partial charge is 0.354 e. The van der Waals surface area contributed by atoms with E-state index >= 15 is 0 Å². The van der Waals surface area contributed by atoms with Crippen LogP contribution in [0.4, 0.5) is 0 Å². The number of hydrogen-bond acceptors (Lipinski definition) is 4. The van der Waals surface area contributed by atoms with Crippen molar-refractivity contribution in [2.45, 2.75) is 13.5 Å². The molecule has 1 amide bonds. The van der Waals surface area contributed by atoms with Gasteiger partial charge in [0.05, 0.1) is 8.48 Å². The molecule has 0 saturated heterocycles. The second kappa shape index (κ2) is 8.53. The first-order valence-corrected chi connectivity index (χ1v) is 7.35. The first kappa shape index (κ1) is 15.8. The minimum atomic E-state index is -0.782. The number of nitrogens with one attached hydrogen (secondary N) is 1. The van der Waals surface area contributed by atoms with E-state index in [1.807, 2.05) is 30.3 Å². The molecule has 0 spiro atoms. The highest BCUT2D eigenvalue weighted by atomic mass is 16.5. The number of methoxy groups -OCH3 is 1. The maximum absolute atomic E-state index is 11.8. The van der Waals surface area contributed by atoms with Crippen LogP contribution in [0.2, 0.25) is 0 Å². The van der Waals surface area contributed by atoms with Gasteiger partial charge in [-0.2, -0.15) is 0 Å². The molecule has 24 heavy (non-hydrogen) atoms. The molecule has 2 aromatic carbocycles. The topological polar surface area (TPSA) is 64.6 Å². The number of amides is 1. The van der Waals surface area contributed by atoms with E-state index in [1.54, 1.807) is 24.3 Å². The number of ether oxygens (including phenoxy) is 2. The van der Waals surface area contributed by atoms with Crippen LogP contribution in [0.25, 0.3) is 6.05 Å². The Labute approximate surface area is 142 Å². The van der Waals surface area contributed by atoms with Gasteiger partial charge in [-0.3, -0.25) is 4.79 Å². The summed E-state index contributed by atoms with van der Waals surface area (Å²) in [6.45, 7) is 1.65. The highest BCUT2D eigenvalue weighted by molar-refractivity contribution is 5.97. The van der Waals surface area contributed by atoms with Crippen molar-refractivity contribution in [2.75, 3.05) is 7.11 Å². The maximum Gasteiger partial charge on any atom is 0.354 e. The molecular weight excluding hydrogens is 306 g/mol. The van der Waals surface area contributed by atoms with Gasteiger partial charge in [-0.1, -0.05) is 42.5 Å². The van der Waals surface area contributed by atoms with E-state index in [1.165, 1.54) is 14.0 Å². The van der Waals surface area contributed by atoms with Gasteiger partial charge in [-0.15, -0.1) is 0 Å². The molecule has 0 heterocycles. The number of rotatable bonds is 6. The fourth-order valence-electron chi connectivity index (χ4n) is 1.96. The third kappa shape index (κ3) is 5.28. The maximum atomic E-state index is 11.8. The van der Waals surface area contributed by atoms with E-state index in [0.29, 0.717) is 17.9 Å². The van der Waals surface area contributed by atoms with Gasteiger partial charge < -0.3 is 14.8 Å². The average Bonchev–Trinajstić information content (AvgIpc) is 2.64. The molecule has 0 bridgehead atoms. The molecule has 1 N–H and O–H groups in total. The van der Waals surface area contributed by atoms with Gasteiger partial charge in [0, 0.05) is 6.92 Å². The molecule has 0 aromatic heterocycles. The second-order valence-electron chi connectivity index (χ2n) is 4.97. The normalized spacial score (nSPS) is 11.8. The molecule has 0 aliphatic rings. The Hall–Kier alpha value is -3.08. The molecule has 0 radical (unpaired) electrons. The Kier molecular flexibility index (Phi) is 5.61. The van der Waals surface area contributed by atoms with Gasteiger partial charge in [0.1, 0.15) is 18.1 Å². The first-order valence-electron chi connectivity index (χ1n) is 7.85. The van der Waals surface area contributed by atoms with Crippen LogP contribution in [0.5, 0.6) is 5.75 Å². The Morgan fingerprint density at radius 1 is 1.17 bits per heavy atom. The van der Waals surface area contributed by atoms with Gasteiger partial charge >= 0.3 is 5.97 Å². The number of carbonyl (C=O) groups excluding carboxylic acids is 2. The zero-order chi connectivity index (χ0) is 18.2. The van der Waals surface area contributed by atoms with E-state index in [-0.39, 0.29) is 11.7 Å². The molecule has 2 aromatic rings. The predicted octanol–water partition coefficient (Wildman–Crippen LogP) is 2.92. The number of esters is 1. The van der Waals surface area contributed by atoms with E-state index in [0.717, 1.165) is 5.56 Å². The molecule has 0 fully saturated rings. The summed E-state index contributed by atoms with van der Waals surface area (Å²) in [4.78, 5) is 23.1. The van der Waals surface area contributed by atoms with Crippen molar-refractivity contribution < 1.29 is 20.4 Å². The fourth-order valence-corrected chi connectivity index (χ4v) is 1.96. The lowest BCUT2D eigenvalue weighted by molar-refractivity contribution is -0.137. The summed E-state index contributed by atoms with van der Waals surface area (Å²) in [7, 11) is 1.19. The minimum Gasteiger partial charge on any atom is -0.489 e. The Bertz CT molecular complexity index is 787. The standard InChI is InChI=1S/C19H19NO4/c1-14(21)20-18(19(22)23-2)12-16-9-6-10-17(11-16)24-13-15-7-4-3-5-8-15/h3-12H,13H2,1-2H3,(H,20,21)/b18-12-/i12D. The molecular formula is C19H19NO4. The van der Waals surface area contributed by atoms with E-state index in [9.17, 15) is 9.59 Å². The quantitative estimate of drug-likeness (QED) is 0.655. The van der Waals surface area contributed by atoms with Crippen molar-refractivity contribution in [3.8, 4) is 5.75 Å². The molecule has 0 aliphatic carbocycles. The van der Waals surface area contributed by atoms with Crippen molar-refractivity contribution in [3.63, 3.8) is 0 Å². The van der Waals surface area contributed by atoms with Gasteiger partial charge in [0.15, 0.2) is 0 Å². The fraction of sp³-hybridized carbons (Fsp3) is 0.158. The zero-order valence-corrected chi connectivity index (χ0v) is 13.5. The van der Waals surface area contributed by atoms with Crippen LogP contribution in [-0.4, -0.2) is 19.0 Å². The lowest BCUT2D eigenvalue weighted by Crippen LogP contribution is -2.25. The monoisotopic (exact) mass is 326 g/mol. The number of benzene rings is 2. The summed E-state index contributed by atoms with van der Waals surface area (Å²) in [5.41, 5.74) is 1.23. The molecule has 2 rings (SSSR count). The molecule has 5 nitrogen and oxygen atoms in total. The van der Waals surface area contributed by atoms with Crippen LogP contribution in [0.15, 0.2) is 60.3 Å². The third-order valence-corrected chi connectivity index (χ3v) is 3.04. The van der Waals surface area contributed by atoms with Crippen molar-refractivity contribution >= 4 is 17.9 Å². The SMILES string of the molecule is [2H]/C(=C(/NC(C)=O)C(=O)OC)c1cccc(OCc2ccccc2)c1. The molecule has 0 unspecified atom stereocenters. The van der Waals surface area contributed by atoms with Crippen molar-refractivity contribution in [1.82, 2.24) is 5.32 Å². The van der Waals surface area contributed by atoms with E-state index in [2.05, 4.69) is 10.1 Å². The average molecular weight is 326 g/mol. The van der Waals surface area contributed by atoms with Crippen LogP contribution in [0.3, 0.4) is 0 Å². The predicted molar refractivity (Wildman–Crippen MR) is 91.0 cm³/mol. The van der Waals surface area contributed by atoms with Crippen LogP contribution >= 0.6 is 0 Å². The molecule has 0 saturated carbocycles.